The van der Waals surface area contributed by atoms with Crippen molar-refractivity contribution in [1.82, 2.24) is 0 Å². The number of alkyl halides is 1. The van der Waals surface area contributed by atoms with Gasteiger partial charge in [0.1, 0.15) is 0 Å². The Morgan fingerprint density at radius 3 is 2.50 bits per heavy atom. The summed E-state index contributed by atoms with van der Waals surface area (Å²) >= 11 is 5.55. The molecule has 0 aliphatic rings. The maximum absolute atomic E-state index is 9.64. The highest BCUT2D eigenvalue weighted by molar-refractivity contribution is 6.17. The van der Waals surface area contributed by atoms with Gasteiger partial charge in [0.15, 0.2) is 0 Å². The molecule has 1 unspecified atom stereocenters. The molecule has 1 aromatic rings. The van der Waals surface area contributed by atoms with Gasteiger partial charge in [-0.25, -0.2) is 0 Å². The fourth-order valence-corrected chi connectivity index (χ4v) is 1.52. The van der Waals surface area contributed by atoms with Crippen molar-refractivity contribution in [3.63, 3.8) is 0 Å². The van der Waals surface area contributed by atoms with E-state index in [2.05, 4.69) is 6.58 Å². The molecule has 0 heterocycles. The fourth-order valence-electron chi connectivity index (χ4n) is 1.31. The zero-order valence-corrected chi connectivity index (χ0v) is 8.87. The smallest absolute Gasteiger partial charge is 0.0801 e. The van der Waals surface area contributed by atoms with E-state index in [1.165, 1.54) is 5.56 Å². The molecule has 1 nitrogen and oxygen atoms in total. The lowest BCUT2D eigenvalue weighted by Crippen LogP contribution is -1.98. The van der Waals surface area contributed by atoms with Crippen molar-refractivity contribution < 1.29 is 5.11 Å². The van der Waals surface area contributed by atoms with Crippen LogP contribution in [-0.4, -0.2) is 11.0 Å². The summed E-state index contributed by atoms with van der Waals surface area (Å²) in [4.78, 5) is 0. The van der Waals surface area contributed by atoms with E-state index in [0.717, 1.165) is 12.0 Å². The van der Waals surface area contributed by atoms with Gasteiger partial charge in [-0.2, -0.15) is 0 Å². The van der Waals surface area contributed by atoms with Crippen molar-refractivity contribution in [1.29, 1.82) is 0 Å². The van der Waals surface area contributed by atoms with E-state index in [4.69, 9.17) is 11.6 Å². The Labute approximate surface area is 90.0 Å². The summed E-state index contributed by atoms with van der Waals surface area (Å²) in [6.45, 7) is 3.68. The molecular weight excluding hydrogens is 196 g/mol. The molecular formula is C12H15ClO. The van der Waals surface area contributed by atoms with Crippen LogP contribution < -0.4 is 0 Å². The first kappa shape index (κ1) is 11.3. The Balaban J connectivity index is 2.67. The van der Waals surface area contributed by atoms with Gasteiger partial charge in [-0.3, -0.25) is 0 Å². The van der Waals surface area contributed by atoms with Gasteiger partial charge in [-0.1, -0.05) is 30.3 Å². The molecule has 0 saturated heterocycles. The zero-order valence-electron chi connectivity index (χ0n) is 8.12. The molecule has 0 amide bonds. The van der Waals surface area contributed by atoms with E-state index in [-0.39, 0.29) is 0 Å². The van der Waals surface area contributed by atoms with Crippen molar-refractivity contribution >= 4 is 11.6 Å². The average Bonchev–Trinajstić information content (AvgIpc) is 2.20. The highest BCUT2D eigenvalue weighted by atomic mass is 35.5. The molecule has 14 heavy (non-hydrogen) atoms. The first-order valence-corrected chi connectivity index (χ1v) is 5.25. The third-order valence-electron chi connectivity index (χ3n) is 2.13. The van der Waals surface area contributed by atoms with Crippen molar-refractivity contribution in [3.8, 4) is 0 Å². The monoisotopic (exact) mass is 210 g/mol. The van der Waals surface area contributed by atoms with Crippen LogP contribution in [0.2, 0.25) is 0 Å². The first-order valence-electron chi connectivity index (χ1n) is 4.71. The van der Waals surface area contributed by atoms with Crippen LogP contribution in [0.4, 0.5) is 0 Å². The third kappa shape index (κ3) is 3.17. The highest BCUT2D eigenvalue weighted by Gasteiger charge is 2.05. The highest BCUT2D eigenvalue weighted by Crippen LogP contribution is 2.17. The summed E-state index contributed by atoms with van der Waals surface area (Å²) in [7, 11) is 0. The van der Waals surface area contributed by atoms with Crippen LogP contribution in [0.1, 0.15) is 23.7 Å². The Morgan fingerprint density at radius 1 is 1.36 bits per heavy atom. The average molecular weight is 211 g/mol. The molecule has 0 saturated carbocycles. The molecule has 0 fully saturated rings. The molecule has 76 valence electrons. The van der Waals surface area contributed by atoms with Gasteiger partial charge in [-0.15, -0.1) is 18.2 Å². The maximum atomic E-state index is 9.64. The number of hydrogen-bond donors (Lipinski definition) is 1. The second-order valence-corrected chi connectivity index (χ2v) is 3.61. The summed E-state index contributed by atoms with van der Waals surface area (Å²) in [5.74, 6) is 0.482. The van der Waals surface area contributed by atoms with Crippen LogP contribution >= 0.6 is 11.6 Å². The Bertz CT molecular complexity index is 279. The van der Waals surface area contributed by atoms with Crippen molar-refractivity contribution in [2.45, 2.75) is 18.9 Å². The van der Waals surface area contributed by atoms with Crippen LogP contribution in [0.25, 0.3) is 0 Å². The van der Waals surface area contributed by atoms with Crippen LogP contribution in [0.3, 0.4) is 0 Å². The van der Waals surface area contributed by atoms with Crippen LogP contribution in [0.15, 0.2) is 36.9 Å². The quantitative estimate of drug-likeness (QED) is 0.585. The van der Waals surface area contributed by atoms with Gasteiger partial charge in [0.05, 0.1) is 6.10 Å². The van der Waals surface area contributed by atoms with E-state index in [1.807, 2.05) is 30.3 Å². The second kappa shape index (κ2) is 5.84. The molecule has 1 aromatic carbocycles. The number of hydrogen-bond acceptors (Lipinski definition) is 1. The van der Waals surface area contributed by atoms with E-state index < -0.39 is 6.10 Å². The topological polar surface area (TPSA) is 20.2 Å². The summed E-state index contributed by atoms with van der Waals surface area (Å²) in [6.07, 6.45) is 2.89. The van der Waals surface area contributed by atoms with E-state index in [0.29, 0.717) is 12.3 Å². The fraction of sp³-hybridized carbons (Fsp3) is 0.333. The predicted octanol–water partition coefficient (Wildman–Crippen LogP) is 3.08. The largest absolute Gasteiger partial charge is 0.388 e. The normalized spacial score (nSPS) is 12.4. The molecule has 1 rings (SSSR count). The van der Waals surface area contributed by atoms with Gasteiger partial charge in [0.25, 0.3) is 0 Å². The maximum Gasteiger partial charge on any atom is 0.0801 e. The predicted molar refractivity (Wildman–Crippen MR) is 60.6 cm³/mol. The van der Waals surface area contributed by atoms with Gasteiger partial charge in [0, 0.05) is 5.88 Å². The number of benzene rings is 1. The SMILES string of the molecule is C=CCc1ccc(C(O)CCCl)cc1. The second-order valence-electron chi connectivity index (χ2n) is 3.23. The Hall–Kier alpha value is -0.790. The summed E-state index contributed by atoms with van der Waals surface area (Å²) in [6, 6.07) is 7.90. The molecule has 2 heteroatoms. The molecule has 1 atom stereocenters. The van der Waals surface area contributed by atoms with E-state index >= 15 is 0 Å². The summed E-state index contributed by atoms with van der Waals surface area (Å²) in [5.41, 5.74) is 2.14. The minimum Gasteiger partial charge on any atom is -0.388 e. The number of aliphatic hydroxyl groups excluding tert-OH is 1. The number of halogens is 1. The minimum absolute atomic E-state index is 0.440. The zero-order chi connectivity index (χ0) is 10.4. The van der Waals surface area contributed by atoms with Crippen LogP contribution in [0.5, 0.6) is 0 Å². The van der Waals surface area contributed by atoms with Crippen LogP contribution in [0, 0.1) is 0 Å². The molecule has 0 aliphatic heterocycles. The van der Waals surface area contributed by atoms with Crippen molar-refractivity contribution in [2.24, 2.45) is 0 Å². The standard InChI is InChI=1S/C12H15ClO/c1-2-3-10-4-6-11(7-5-10)12(14)8-9-13/h2,4-7,12,14H,1,3,8-9H2. The van der Waals surface area contributed by atoms with Gasteiger partial charge in [0.2, 0.25) is 0 Å². The Morgan fingerprint density at radius 2 is 2.00 bits per heavy atom. The summed E-state index contributed by atoms with van der Waals surface area (Å²) in [5, 5.41) is 9.64. The molecule has 0 spiro atoms. The molecule has 0 aromatic heterocycles. The summed E-state index contributed by atoms with van der Waals surface area (Å²) < 4.78 is 0. The van der Waals surface area contributed by atoms with Crippen LogP contribution in [-0.2, 0) is 6.42 Å². The molecule has 0 radical (unpaired) electrons. The third-order valence-corrected chi connectivity index (χ3v) is 2.35. The lowest BCUT2D eigenvalue weighted by atomic mass is 10.0. The van der Waals surface area contributed by atoms with Crippen molar-refractivity contribution in [3.05, 3.63) is 48.0 Å². The number of aliphatic hydroxyl groups is 1. The molecule has 0 aliphatic carbocycles. The Kier molecular flexibility index (Phi) is 4.71. The minimum atomic E-state index is -0.440. The van der Waals surface area contributed by atoms with E-state index in [1.54, 1.807) is 0 Å². The van der Waals surface area contributed by atoms with E-state index in [9.17, 15) is 5.11 Å². The first-order chi connectivity index (χ1) is 6.77. The van der Waals surface area contributed by atoms with Crippen molar-refractivity contribution in [2.75, 3.05) is 5.88 Å². The molecule has 0 bridgehead atoms. The number of rotatable bonds is 5. The lowest BCUT2D eigenvalue weighted by Gasteiger charge is -2.09. The molecule has 1 N–H and O–H groups in total. The lowest BCUT2D eigenvalue weighted by molar-refractivity contribution is 0.174. The van der Waals surface area contributed by atoms with Gasteiger partial charge in [-0.05, 0) is 24.0 Å². The van der Waals surface area contributed by atoms with Gasteiger partial charge < -0.3 is 5.11 Å². The van der Waals surface area contributed by atoms with Gasteiger partial charge >= 0.3 is 0 Å². The number of allylic oxidation sites excluding steroid dienone is 1.